The van der Waals surface area contributed by atoms with E-state index in [1.165, 1.54) is 6.21 Å². The molecule has 13 heavy (non-hydrogen) atoms. The topological polar surface area (TPSA) is 41.8 Å². The molecule has 1 rings (SSSR count). The van der Waals surface area contributed by atoms with Crippen molar-refractivity contribution in [3.8, 4) is 5.75 Å². The van der Waals surface area contributed by atoms with E-state index in [1.807, 2.05) is 26.0 Å². The number of hydrogen-bond donors (Lipinski definition) is 1. The Kier molecular flexibility index (Phi) is 2.90. The van der Waals surface area contributed by atoms with Crippen LogP contribution in [0.1, 0.15) is 16.7 Å². The summed E-state index contributed by atoms with van der Waals surface area (Å²) in [5.41, 5.74) is 2.96. The molecule has 1 N–H and O–H groups in total. The number of rotatable bonds is 2. The Morgan fingerprint density at radius 1 is 1.31 bits per heavy atom. The first-order valence-corrected chi connectivity index (χ1v) is 4.01. The molecule has 0 amide bonds. The fraction of sp³-hybridized carbons (Fsp3) is 0.300. The van der Waals surface area contributed by atoms with Crippen molar-refractivity contribution in [1.29, 1.82) is 0 Å². The average Bonchev–Trinajstić information content (AvgIpc) is 2.11. The van der Waals surface area contributed by atoms with Gasteiger partial charge in [-0.05, 0) is 42.7 Å². The summed E-state index contributed by atoms with van der Waals surface area (Å²) in [6, 6.07) is 3.85. The van der Waals surface area contributed by atoms with E-state index in [1.54, 1.807) is 7.11 Å². The summed E-state index contributed by atoms with van der Waals surface area (Å²) in [6.07, 6.45) is 1.42. The van der Waals surface area contributed by atoms with Crippen molar-refractivity contribution in [2.24, 2.45) is 5.16 Å². The largest absolute Gasteiger partial charge is 0.496 e. The molecule has 0 fully saturated rings. The lowest BCUT2D eigenvalue weighted by molar-refractivity contribution is 0.322. The highest BCUT2D eigenvalue weighted by Crippen LogP contribution is 2.21. The Hall–Kier alpha value is -1.51. The Morgan fingerprint density at radius 3 is 2.54 bits per heavy atom. The van der Waals surface area contributed by atoms with Gasteiger partial charge in [-0.15, -0.1) is 0 Å². The Labute approximate surface area is 77.6 Å². The molecule has 0 saturated carbocycles. The van der Waals surface area contributed by atoms with E-state index in [9.17, 15) is 0 Å². The molecule has 3 nitrogen and oxygen atoms in total. The van der Waals surface area contributed by atoms with Gasteiger partial charge in [0.15, 0.2) is 0 Å². The summed E-state index contributed by atoms with van der Waals surface area (Å²) in [5, 5.41) is 11.4. The first-order valence-electron chi connectivity index (χ1n) is 4.01. The molecule has 0 aromatic heterocycles. The van der Waals surface area contributed by atoms with Crippen LogP contribution >= 0.6 is 0 Å². The molecule has 0 heterocycles. The van der Waals surface area contributed by atoms with Crippen LogP contribution in [0.2, 0.25) is 0 Å². The van der Waals surface area contributed by atoms with Gasteiger partial charge < -0.3 is 9.94 Å². The van der Waals surface area contributed by atoms with E-state index in [2.05, 4.69) is 5.16 Å². The van der Waals surface area contributed by atoms with E-state index < -0.39 is 0 Å². The van der Waals surface area contributed by atoms with Gasteiger partial charge in [-0.3, -0.25) is 0 Å². The van der Waals surface area contributed by atoms with Crippen molar-refractivity contribution in [3.63, 3.8) is 0 Å². The van der Waals surface area contributed by atoms with E-state index in [0.717, 1.165) is 22.4 Å². The lowest BCUT2D eigenvalue weighted by atomic mass is 10.1. The fourth-order valence-corrected chi connectivity index (χ4v) is 1.23. The minimum Gasteiger partial charge on any atom is -0.496 e. The third-order valence-corrected chi connectivity index (χ3v) is 1.98. The van der Waals surface area contributed by atoms with E-state index in [-0.39, 0.29) is 0 Å². The van der Waals surface area contributed by atoms with Crippen molar-refractivity contribution < 1.29 is 9.94 Å². The molecule has 0 unspecified atom stereocenters. The number of hydrogen-bond acceptors (Lipinski definition) is 3. The summed E-state index contributed by atoms with van der Waals surface area (Å²) in [7, 11) is 1.64. The zero-order valence-corrected chi connectivity index (χ0v) is 8.03. The second kappa shape index (κ2) is 3.94. The molecule has 0 saturated heterocycles. The van der Waals surface area contributed by atoms with Gasteiger partial charge in [0, 0.05) is 0 Å². The molecule has 0 spiro atoms. The van der Waals surface area contributed by atoms with Gasteiger partial charge in [0.2, 0.25) is 0 Å². The predicted octanol–water partition coefficient (Wildman–Crippen LogP) is 2.12. The van der Waals surface area contributed by atoms with Crippen molar-refractivity contribution in [2.45, 2.75) is 13.8 Å². The fourth-order valence-electron chi connectivity index (χ4n) is 1.23. The Bertz CT molecular complexity index is 332. The molecule has 0 aliphatic carbocycles. The standard InChI is InChI=1S/C10H13NO2/c1-7-5-10(13-3)8(2)4-9(7)6-11-12/h4-6,12H,1-3H3. The maximum absolute atomic E-state index is 8.40. The molecular weight excluding hydrogens is 166 g/mol. The Morgan fingerprint density at radius 2 is 2.00 bits per heavy atom. The second-order valence-electron chi connectivity index (χ2n) is 2.92. The molecule has 0 aliphatic heterocycles. The molecule has 0 radical (unpaired) electrons. The van der Waals surface area contributed by atoms with Crippen LogP contribution < -0.4 is 4.74 Å². The van der Waals surface area contributed by atoms with E-state index >= 15 is 0 Å². The molecule has 1 aromatic carbocycles. The van der Waals surface area contributed by atoms with Gasteiger partial charge in [-0.2, -0.15) is 0 Å². The molecule has 70 valence electrons. The number of aryl methyl sites for hydroxylation is 2. The highest BCUT2D eigenvalue weighted by atomic mass is 16.5. The number of nitrogens with zero attached hydrogens (tertiary/aromatic N) is 1. The summed E-state index contributed by atoms with van der Waals surface area (Å²) in [5.74, 6) is 0.854. The molecule has 0 bridgehead atoms. The monoisotopic (exact) mass is 179 g/mol. The van der Waals surface area contributed by atoms with Gasteiger partial charge in [-0.1, -0.05) is 5.16 Å². The van der Waals surface area contributed by atoms with Gasteiger partial charge >= 0.3 is 0 Å². The normalized spacial score (nSPS) is 10.7. The van der Waals surface area contributed by atoms with Crippen LogP contribution in [0.25, 0.3) is 0 Å². The summed E-state index contributed by atoms with van der Waals surface area (Å²) < 4.78 is 5.15. The van der Waals surface area contributed by atoms with Crippen LogP contribution in [0.5, 0.6) is 5.75 Å². The molecule has 1 aromatic rings. The molecule has 0 aliphatic rings. The number of ether oxygens (including phenoxy) is 1. The first-order chi connectivity index (χ1) is 6.19. The van der Waals surface area contributed by atoms with Crippen molar-refractivity contribution in [2.75, 3.05) is 7.11 Å². The van der Waals surface area contributed by atoms with Gasteiger partial charge in [-0.25, -0.2) is 0 Å². The molecule has 3 heteroatoms. The minimum absolute atomic E-state index is 0.854. The van der Waals surface area contributed by atoms with Crippen LogP contribution in [0, 0.1) is 13.8 Å². The van der Waals surface area contributed by atoms with Crippen LogP contribution in [-0.4, -0.2) is 18.5 Å². The highest BCUT2D eigenvalue weighted by molar-refractivity contribution is 5.82. The van der Waals surface area contributed by atoms with E-state index in [0.29, 0.717) is 0 Å². The van der Waals surface area contributed by atoms with Crippen LogP contribution in [0.4, 0.5) is 0 Å². The smallest absolute Gasteiger partial charge is 0.122 e. The quantitative estimate of drug-likeness (QED) is 0.429. The predicted molar refractivity (Wildman–Crippen MR) is 51.8 cm³/mol. The zero-order chi connectivity index (χ0) is 9.84. The van der Waals surface area contributed by atoms with Crippen molar-refractivity contribution in [1.82, 2.24) is 0 Å². The van der Waals surface area contributed by atoms with Crippen molar-refractivity contribution >= 4 is 6.21 Å². The number of oxime groups is 1. The lowest BCUT2D eigenvalue weighted by Crippen LogP contribution is -1.93. The van der Waals surface area contributed by atoms with Crippen LogP contribution in [0.15, 0.2) is 17.3 Å². The minimum atomic E-state index is 0.854. The zero-order valence-electron chi connectivity index (χ0n) is 8.03. The Balaban J connectivity index is 3.20. The SMILES string of the molecule is COc1cc(C)c(C=NO)cc1C. The number of methoxy groups -OCH3 is 1. The first kappa shape index (κ1) is 9.58. The summed E-state index contributed by atoms with van der Waals surface area (Å²) in [6.45, 7) is 3.89. The van der Waals surface area contributed by atoms with Crippen LogP contribution in [-0.2, 0) is 0 Å². The van der Waals surface area contributed by atoms with Gasteiger partial charge in [0.05, 0.1) is 13.3 Å². The van der Waals surface area contributed by atoms with Gasteiger partial charge in [0.1, 0.15) is 5.75 Å². The molecular formula is C10H13NO2. The highest BCUT2D eigenvalue weighted by Gasteiger charge is 2.02. The second-order valence-corrected chi connectivity index (χ2v) is 2.92. The summed E-state index contributed by atoms with van der Waals surface area (Å²) >= 11 is 0. The maximum Gasteiger partial charge on any atom is 0.122 e. The third kappa shape index (κ3) is 1.99. The summed E-state index contributed by atoms with van der Waals surface area (Å²) in [4.78, 5) is 0. The number of benzene rings is 1. The molecule has 0 atom stereocenters. The van der Waals surface area contributed by atoms with Crippen molar-refractivity contribution in [3.05, 3.63) is 28.8 Å². The van der Waals surface area contributed by atoms with Gasteiger partial charge in [0.25, 0.3) is 0 Å². The lowest BCUT2D eigenvalue weighted by Gasteiger charge is -2.07. The average molecular weight is 179 g/mol. The third-order valence-electron chi connectivity index (χ3n) is 1.98. The maximum atomic E-state index is 8.40. The van der Waals surface area contributed by atoms with Crippen LogP contribution in [0.3, 0.4) is 0 Å². The van der Waals surface area contributed by atoms with E-state index in [4.69, 9.17) is 9.94 Å².